The minimum Gasteiger partial charge on any atom is -0.323 e. The summed E-state index contributed by atoms with van der Waals surface area (Å²) in [4.78, 5) is 19.5. The quantitative estimate of drug-likeness (QED) is 0.301. The van der Waals surface area contributed by atoms with Gasteiger partial charge in [0.2, 0.25) is 11.7 Å². The van der Waals surface area contributed by atoms with Crippen LogP contribution >= 0.6 is 27.7 Å². The lowest BCUT2D eigenvalue weighted by atomic mass is 10.2. The second-order valence-corrected chi connectivity index (χ2v) is 7.99. The van der Waals surface area contributed by atoms with Gasteiger partial charge in [0.1, 0.15) is 10.8 Å². The van der Waals surface area contributed by atoms with E-state index < -0.39 is 29.0 Å². The summed E-state index contributed by atoms with van der Waals surface area (Å²) in [6.07, 6.45) is -4.72. The summed E-state index contributed by atoms with van der Waals surface area (Å²) in [5.41, 5.74) is 0.100. The van der Waals surface area contributed by atoms with Crippen molar-refractivity contribution in [1.29, 1.82) is 0 Å². The zero-order chi connectivity index (χ0) is 20.5. The number of nitrogens with zero attached hydrogens (tertiary/aromatic N) is 2. The number of hydrogen-bond acceptors (Lipinski definition) is 4. The first-order valence-electron chi connectivity index (χ1n) is 7.91. The number of hydrogen-bond donors (Lipinski definition) is 1. The van der Waals surface area contributed by atoms with E-state index in [9.17, 15) is 22.4 Å². The molecule has 0 saturated heterocycles. The first-order chi connectivity index (χ1) is 13.1. The molecule has 146 valence electrons. The molecule has 0 bridgehead atoms. The summed E-state index contributed by atoms with van der Waals surface area (Å²) in [5, 5.41) is 2.02. The summed E-state index contributed by atoms with van der Waals surface area (Å²) in [6, 6.07) is 10.4. The molecular weight excluding hydrogens is 462 g/mol. The van der Waals surface area contributed by atoms with Crippen molar-refractivity contribution in [1.82, 2.24) is 9.97 Å². The Balaban J connectivity index is 1.87. The standard InChI is InChI=1S/C18H12BrF4N3OS/c1-9(15(27)24-14-7-6-10(19)8-12(14)20)28-16-11-4-2-3-5-13(11)25-17(26-16)18(21,22)23/h2-9H,1H3,(H,24,27). The predicted octanol–water partition coefficient (Wildman–Crippen LogP) is 5.67. The average Bonchev–Trinajstić information content (AvgIpc) is 2.63. The Morgan fingerprint density at radius 2 is 1.89 bits per heavy atom. The van der Waals surface area contributed by atoms with Crippen molar-refractivity contribution in [3.05, 3.63) is 58.6 Å². The molecule has 4 nitrogen and oxygen atoms in total. The minimum atomic E-state index is -4.72. The van der Waals surface area contributed by atoms with Crippen LogP contribution < -0.4 is 5.32 Å². The molecule has 0 aliphatic carbocycles. The third-order valence-corrected chi connectivity index (χ3v) is 5.26. The van der Waals surface area contributed by atoms with Gasteiger partial charge in [-0.3, -0.25) is 4.79 Å². The molecule has 28 heavy (non-hydrogen) atoms. The van der Waals surface area contributed by atoms with Gasteiger partial charge in [-0.05, 0) is 31.2 Å². The monoisotopic (exact) mass is 473 g/mol. The van der Waals surface area contributed by atoms with Crippen LogP contribution in [0.25, 0.3) is 10.9 Å². The van der Waals surface area contributed by atoms with Crippen LogP contribution in [-0.2, 0) is 11.0 Å². The van der Waals surface area contributed by atoms with E-state index in [4.69, 9.17) is 0 Å². The van der Waals surface area contributed by atoms with E-state index >= 15 is 0 Å². The predicted molar refractivity (Wildman–Crippen MR) is 103 cm³/mol. The summed E-state index contributed by atoms with van der Waals surface area (Å²) < 4.78 is 53.7. The number of aromatic nitrogens is 2. The minimum absolute atomic E-state index is 0.0239. The van der Waals surface area contributed by atoms with Gasteiger partial charge in [-0.1, -0.05) is 45.9 Å². The first-order valence-corrected chi connectivity index (χ1v) is 9.59. The van der Waals surface area contributed by atoms with Crippen molar-refractivity contribution in [2.24, 2.45) is 0 Å². The average molecular weight is 474 g/mol. The van der Waals surface area contributed by atoms with Crippen molar-refractivity contribution in [2.45, 2.75) is 23.4 Å². The SMILES string of the molecule is CC(Sc1nc(C(F)(F)F)nc2ccccc12)C(=O)Nc1ccc(Br)cc1F. The highest BCUT2D eigenvalue weighted by Crippen LogP contribution is 2.34. The van der Waals surface area contributed by atoms with Gasteiger partial charge >= 0.3 is 6.18 Å². The second kappa shape index (κ2) is 8.04. The number of halogens is 5. The number of carbonyl (C=O) groups is 1. The molecule has 1 heterocycles. The highest BCUT2D eigenvalue weighted by Gasteiger charge is 2.36. The third-order valence-electron chi connectivity index (χ3n) is 3.67. The Labute approximate surface area is 169 Å². The summed E-state index contributed by atoms with van der Waals surface area (Å²) in [5.74, 6) is -2.48. The number of anilines is 1. The van der Waals surface area contributed by atoms with Crippen molar-refractivity contribution in [2.75, 3.05) is 5.32 Å². The number of carbonyl (C=O) groups excluding carboxylic acids is 1. The van der Waals surface area contributed by atoms with Crippen LogP contribution in [0.3, 0.4) is 0 Å². The first kappa shape index (κ1) is 20.5. The number of fused-ring (bicyclic) bond motifs is 1. The molecule has 1 N–H and O–H groups in total. The van der Waals surface area contributed by atoms with E-state index in [1.807, 2.05) is 0 Å². The van der Waals surface area contributed by atoms with Crippen molar-refractivity contribution >= 4 is 50.2 Å². The van der Waals surface area contributed by atoms with Crippen LogP contribution in [0.1, 0.15) is 12.7 Å². The molecule has 2 aromatic carbocycles. The normalized spacial score (nSPS) is 12.8. The molecule has 0 aliphatic rings. The number of rotatable bonds is 4. The lowest BCUT2D eigenvalue weighted by molar-refractivity contribution is -0.145. The lowest BCUT2D eigenvalue weighted by Gasteiger charge is -2.15. The molecule has 0 radical (unpaired) electrons. The maximum Gasteiger partial charge on any atom is 0.451 e. The summed E-state index contributed by atoms with van der Waals surface area (Å²) in [7, 11) is 0. The maximum absolute atomic E-state index is 13.9. The molecule has 0 fully saturated rings. The van der Waals surface area contributed by atoms with Gasteiger partial charge in [0, 0.05) is 9.86 Å². The van der Waals surface area contributed by atoms with Crippen LogP contribution in [0.4, 0.5) is 23.2 Å². The Hall–Kier alpha value is -2.20. The molecule has 0 saturated carbocycles. The number of thioether (sulfide) groups is 1. The van der Waals surface area contributed by atoms with Crippen LogP contribution in [0.2, 0.25) is 0 Å². The zero-order valence-corrected chi connectivity index (χ0v) is 16.6. The third kappa shape index (κ3) is 4.61. The number of para-hydroxylation sites is 1. The molecule has 1 amide bonds. The lowest BCUT2D eigenvalue weighted by Crippen LogP contribution is -2.23. The summed E-state index contributed by atoms with van der Waals surface area (Å²) in [6.45, 7) is 1.50. The van der Waals surface area contributed by atoms with Crippen LogP contribution in [-0.4, -0.2) is 21.1 Å². The van der Waals surface area contributed by atoms with Gasteiger partial charge in [-0.2, -0.15) is 13.2 Å². The highest BCUT2D eigenvalue weighted by atomic mass is 79.9. The molecule has 10 heteroatoms. The van der Waals surface area contributed by atoms with E-state index in [2.05, 4.69) is 31.2 Å². The zero-order valence-electron chi connectivity index (χ0n) is 14.2. The van der Waals surface area contributed by atoms with Gasteiger partial charge in [-0.25, -0.2) is 14.4 Å². The van der Waals surface area contributed by atoms with Gasteiger partial charge in [-0.15, -0.1) is 0 Å². The Bertz CT molecular complexity index is 1050. The maximum atomic E-state index is 13.9. The molecule has 3 aromatic rings. The van der Waals surface area contributed by atoms with E-state index in [1.54, 1.807) is 24.3 Å². The molecule has 1 aromatic heterocycles. The number of benzene rings is 2. The fourth-order valence-corrected chi connectivity index (χ4v) is 3.58. The Kier molecular flexibility index (Phi) is 5.90. The number of alkyl halides is 3. The summed E-state index contributed by atoms with van der Waals surface area (Å²) >= 11 is 3.96. The van der Waals surface area contributed by atoms with Crippen LogP contribution in [0, 0.1) is 5.82 Å². The molecular formula is C18H12BrF4N3OS. The van der Waals surface area contributed by atoms with Gasteiger partial charge in [0.05, 0.1) is 16.5 Å². The van der Waals surface area contributed by atoms with E-state index in [-0.39, 0.29) is 16.2 Å². The van der Waals surface area contributed by atoms with Crippen LogP contribution in [0.5, 0.6) is 0 Å². The molecule has 3 rings (SSSR count). The Morgan fingerprint density at radius 1 is 1.18 bits per heavy atom. The molecule has 1 unspecified atom stereocenters. The van der Waals surface area contributed by atoms with E-state index in [0.29, 0.717) is 9.86 Å². The Morgan fingerprint density at radius 3 is 2.57 bits per heavy atom. The molecule has 0 aliphatic heterocycles. The van der Waals surface area contributed by atoms with Crippen LogP contribution in [0.15, 0.2) is 52.0 Å². The van der Waals surface area contributed by atoms with E-state index in [1.165, 1.54) is 25.1 Å². The molecule has 0 spiro atoms. The van der Waals surface area contributed by atoms with E-state index in [0.717, 1.165) is 11.8 Å². The van der Waals surface area contributed by atoms with Gasteiger partial charge in [0.25, 0.3) is 0 Å². The van der Waals surface area contributed by atoms with Gasteiger partial charge in [0.15, 0.2) is 0 Å². The smallest absolute Gasteiger partial charge is 0.323 e. The fourth-order valence-electron chi connectivity index (χ4n) is 2.31. The highest BCUT2D eigenvalue weighted by molar-refractivity contribution is 9.10. The van der Waals surface area contributed by atoms with Crippen molar-refractivity contribution < 1.29 is 22.4 Å². The van der Waals surface area contributed by atoms with Crippen molar-refractivity contribution in [3.8, 4) is 0 Å². The number of amides is 1. The number of nitrogens with one attached hydrogen (secondary N) is 1. The topological polar surface area (TPSA) is 54.9 Å². The molecule has 1 atom stereocenters. The van der Waals surface area contributed by atoms with Gasteiger partial charge < -0.3 is 5.32 Å². The van der Waals surface area contributed by atoms with Crippen molar-refractivity contribution in [3.63, 3.8) is 0 Å². The fraction of sp³-hybridized carbons (Fsp3) is 0.167. The second-order valence-electron chi connectivity index (χ2n) is 5.74. The largest absolute Gasteiger partial charge is 0.451 e.